The molecule has 1 aromatic carbocycles. The zero-order valence-corrected chi connectivity index (χ0v) is 27.5. The highest BCUT2D eigenvalue weighted by molar-refractivity contribution is 7.80. The lowest BCUT2D eigenvalue weighted by Gasteiger charge is -2.39. The number of phenolic OH excluding ortho intramolecular Hbond substituents is 1. The molecule has 1 aliphatic heterocycles. The summed E-state index contributed by atoms with van der Waals surface area (Å²) in [6.07, 6.45) is 0.220. The highest BCUT2D eigenvalue weighted by atomic mass is 35.5. The number of fused-ring (bicyclic) bond motifs is 1. The number of likely N-dealkylation sites (tertiary alicyclic amines) is 1. The molecule has 3 rings (SSSR count). The topological polar surface area (TPSA) is 247 Å². The van der Waals surface area contributed by atoms with Gasteiger partial charge in [0.15, 0.2) is 5.96 Å². The number of halogens is 1. The molecule has 0 radical (unpaired) electrons. The number of nitrogens with two attached hydrogens (primary N) is 2. The normalized spacial score (nSPS) is 23.1. The first-order valence-corrected chi connectivity index (χ1v) is 17.1. The summed E-state index contributed by atoms with van der Waals surface area (Å²) >= 11 is 5.96. The molecule has 1 heterocycles. The Morgan fingerprint density at radius 3 is 2.54 bits per heavy atom. The molecule has 1 saturated heterocycles. The fourth-order valence-electron chi connectivity index (χ4n) is 6.09. The Hall–Kier alpha value is -3.18. The number of aromatic hydroxyl groups is 1. The van der Waals surface area contributed by atoms with Gasteiger partial charge >= 0.3 is 10.4 Å². The summed E-state index contributed by atoms with van der Waals surface area (Å²) in [5, 5.41) is 26.0. The zero-order valence-electron chi connectivity index (χ0n) is 26.0. The summed E-state index contributed by atoms with van der Waals surface area (Å²) in [4.78, 5) is 46.4. The van der Waals surface area contributed by atoms with Crippen molar-refractivity contribution in [2.24, 2.45) is 28.3 Å². The molecule has 9 N–H and O–H groups in total. The molecule has 2 aliphatic rings. The second-order valence-corrected chi connectivity index (χ2v) is 13.4. The molecular formula is C29H45ClN6O9S. The molecule has 0 spiro atoms. The molecule has 3 amide bonds. The summed E-state index contributed by atoms with van der Waals surface area (Å²) in [5.41, 5.74) is 11.2. The molecule has 15 nitrogen and oxygen atoms in total. The number of guanidine groups is 1. The Morgan fingerprint density at radius 2 is 1.91 bits per heavy atom. The van der Waals surface area contributed by atoms with Crippen molar-refractivity contribution < 1.29 is 41.8 Å². The second kappa shape index (κ2) is 16.6. The maximum absolute atomic E-state index is 14.3. The van der Waals surface area contributed by atoms with E-state index in [9.17, 15) is 37.6 Å². The third kappa shape index (κ3) is 10.4. The van der Waals surface area contributed by atoms with Gasteiger partial charge in [-0.2, -0.15) is 8.42 Å². The molecule has 46 heavy (non-hydrogen) atoms. The van der Waals surface area contributed by atoms with Gasteiger partial charge in [-0.25, -0.2) is 4.18 Å². The van der Waals surface area contributed by atoms with Gasteiger partial charge in [0, 0.05) is 25.6 Å². The van der Waals surface area contributed by atoms with Gasteiger partial charge < -0.3 is 37.2 Å². The van der Waals surface area contributed by atoms with E-state index in [1.807, 2.05) is 6.92 Å². The number of carbonyl (C=O) groups excluding carboxylic acids is 3. The number of phenols is 1. The number of unbranched alkanes of at least 4 members (excludes halogenated alkanes) is 1. The van der Waals surface area contributed by atoms with Crippen molar-refractivity contribution in [1.82, 2.24) is 15.5 Å². The zero-order chi connectivity index (χ0) is 34.2. The van der Waals surface area contributed by atoms with Crippen LogP contribution in [0.25, 0.3) is 0 Å². The Bertz CT molecular complexity index is 1380. The summed E-state index contributed by atoms with van der Waals surface area (Å²) in [6.45, 7) is 4.30. The number of nitrogens with one attached hydrogen (secondary N) is 2. The number of carbonyl (C=O) groups is 3. The van der Waals surface area contributed by atoms with Gasteiger partial charge in [0.25, 0.3) is 0 Å². The maximum atomic E-state index is 14.3. The Kier molecular flexibility index (Phi) is 13.4. The quantitative estimate of drug-likeness (QED) is 0.0582. The van der Waals surface area contributed by atoms with Crippen LogP contribution in [0.3, 0.4) is 0 Å². The van der Waals surface area contributed by atoms with Gasteiger partial charge in [-0.3, -0.25) is 23.9 Å². The number of aliphatic hydroxyl groups is 1. The highest BCUT2D eigenvalue weighted by Gasteiger charge is 2.51. The SMILES string of the molecule is CC[C@H](C)[C@@H](NC(=O)C(O)Cc1ccc(O)c(Cl)c1)C(=O)N1C(C(=O)NCCCCN=C(N)N)CC2CCC(OS(=O)(=O)O)CC21. The molecule has 17 heteroatoms. The number of amides is 3. The number of hydrogen-bond donors (Lipinski definition) is 7. The van der Waals surface area contributed by atoms with Crippen molar-refractivity contribution in [2.75, 3.05) is 13.1 Å². The van der Waals surface area contributed by atoms with Crippen LogP contribution in [0, 0.1) is 11.8 Å². The van der Waals surface area contributed by atoms with Crippen molar-refractivity contribution >= 4 is 45.7 Å². The molecule has 0 aromatic heterocycles. The largest absolute Gasteiger partial charge is 0.506 e. The fraction of sp³-hybridized carbons (Fsp3) is 0.655. The lowest BCUT2D eigenvalue weighted by Crippen LogP contribution is -2.59. The van der Waals surface area contributed by atoms with Gasteiger partial charge in [0.2, 0.25) is 17.7 Å². The number of aliphatic hydroxyl groups excluding tert-OH is 1. The first-order chi connectivity index (χ1) is 21.6. The monoisotopic (exact) mass is 688 g/mol. The van der Waals surface area contributed by atoms with Crippen molar-refractivity contribution in [2.45, 2.75) is 95.5 Å². The Labute approximate surface area is 274 Å². The number of hydrogen-bond acceptors (Lipinski definition) is 9. The molecule has 0 bridgehead atoms. The summed E-state index contributed by atoms with van der Waals surface area (Å²) in [5.74, 6) is -2.47. The van der Waals surface area contributed by atoms with Crippen molar-refractivity contribution in [1.29, 1.82) is 0 Å². The molecule has 5 unspecified atom stereocenters. The summed E-state index contributed by atoms with van der Waals surface area (Å²) in [6, 6.07) is 1.66. The minimum atomic E-state index is -4.75. The van der Waals surface area contributed by atoms with E-state index in [1.54, 1.807) is 6.92 Å². The van der Waals surface area contributed by atoms with Crippen molar-refractivity contribution in [3.05, 3.63) is 28.8 Å². The third-order valence-electron chi connectivity index (χ3n) is 8.64. The molecular weight excluding hydrogens is 644 g/mol. The minimum Gasteiger partial charge on any atom is -0.506 e. The van der Waals surface area contributed by atoms with E-state index in [0.717, 1.165) is 0 Å². The average Bonchev–Trinajstić information content (AvgIpc) is 3.36. The first kappa shape index (κ1) is 37.3. The van der Waals surface area contributed by atoms with Crippen LogP contribution in [0.15, 0.2) is 23.2 Å². The molecule has 1 aromatic rings. The van der Waals surface area contributed by atoms with Crippen LogP contribution in [-0.4, -0.2) is 95.2 Å². The Morgan fingerprint density at radius 1 is 1.20 bits per heavy atom. The van der Waals surface area contributed by atoms with Crippen molar-refractivity contribution in [3.8, 4) is 5.75 Å². The fourth-order valence-corrected chi connectivity index (χ4v) is 6.81. The second-order valence-electron chi connectivity index (χ2n) is 12.0. The van der Waals surface area contributed by atoms with E-state index < -0.39 is 64.4 Å². The third-order valence-corrected chi connectivity index (χ3v) is 9.46. The van der Waals surface area contributed by atoms with Crippen molar-refractivity contribution in [3.63, 3.8) is 0 Å². The molecule has 1 aliphatic carbocycles. The van der Waals surface area contributed by atoms with Crippen LogP contribution in [0.5, 0.6) is 5.75 Å². The van der Waals surface area contributed by atoms with E-state index in [4.69, 9.17) is 27.3 Å². The number of aliphatic imine (C=N–C) groups is 1. The van der Waals surface area contributed by atoms with Gasteiger partial charge in [0.05, 0.1) is 11.1 Å². The number of rotatable bonds is 15. The van der Waals surface area contributed by atoms with Gasteiger partial charge in [-0.15, -0.1) is 0 Å². The van der Waals surface area contributed by atoms with Crippen LogP contribution in [-0.2, 0) is 35.4 Å². The van der Waals surface area contributed by atoms with Crippen LogP contribution in [0.4, 0.5) is 0 Å². The number of benzene rings is 1. The standard InChI is InChI=1S/C29H45ClN6O9S/c1-3-16(2)25(35-27(40)24(38)13-17-6-9-23(37)20(30)12-17)28(41)36-21-15-19(45-46(42,43)44)8-7-18(21)14-22(36)26(39)33-10-4-5-11-34-29(31)32/h6,9,12,16,18-19,21-22,24-25,37-38H,3-5,7-8,10-11,13-15H2,1-2H3,(H,33,39)(H,35,40)(H4,31,32,34)(H,42,43,44)/t16-,18?,19?,21?,22?,24?,25+/m0/s1. The van der Waals surface area contributed by atoms with Gasteiger partial charge in [-0.1, -0.05) is 37.9 Å². The smallest absolute Gasteiger partial charge is 0.397 e. The summed E-state index contributed by atoms with van der Waals surface area (Å²) in [7, 11) is -4.75. The van der Waals surface area contributed by atoms with E-state index in [-0.39, 0.29) is 35.5 Å². The van der Waals surface area contributed by atoms with E-state index in [2.05, 4.69) is 15.6 Å². The minimum absolute atomic E-state index is 0.0248. The first-order valence-electron chi connectivity index (χ1n) is 15.4. The van der Waals surface area contributed by atoms with E-state index in [1.165, 1.54) is 23.1 Å². The maximum Gasteiger partial charge on any atom is 0.397 e. The average molecular weight is 689 g/mol. The van der Waals surface area contributed by atoms with Crippen LogP contribution in [0.2, 0.25) is 5.02 Å². The lowest BCUT2D eigenvalue weighted by molar-refractivity contribution is -0.146. The van der Waals surface area contributed by atoms with Gasteiger partial charge in [0.1, 0.15) is 23.9 Å². The van der Waals surface area contributed by atoms with Crippen LogP contribution in [0.1, 0.15) is 64.4 Å². The molecule has 258 valence electrons. The Balaban J connectivity index is 1.82. The van der Waals surface area contributed by atoms with E-state index >= 15 is 0 Å². The summed E-state index contributed by atoms with van der Waals surface area (Å²) < 4.78 is 37.1. The van der Waals surface area contributed by atoms with Crippen LogP contribution >= 0.6 is 11.6 Å². The lowest BCUT2D eigenvalue weighted by atomic mass is 9.83. The number of nitrogens with zero attached hydrogens (tertiary/aromatic N) is 2. The predicted octanol–water partition coefficient (Wildman–Crippen LogP) is 0.607. The van der Waals surface area contributed by atoms with Gasteiger partial charge in [-0.05, 0) is 68.1 Å². The van der Waals surface area contributed by atoms with E-state index in [0.29, 0.717) is 57.2 Å². The van der Waals surface area contributed by atoms with Crippen LogP contribution < -0.4 is 22.1 Å². The molecule has 2 fully saturated rings. The molecule has 7 atom stereocenters. The predicted molar refractivity (Wildman–Crippen MR) is 170 cm³/mol. The molecule has 1 saturated carbocycles. The highest BCUT2D eigenvalue weighted by Crippen LogP contribution is 2.42.